The first-order chi connectivity index (χ1) is 10.9. The van der Waals surface area contributed by atoms with E-state index >= 15 is 0 Å². The van der Waals surface area contributed by atoms with Crippen LogP contribution in [0, 0.1) is 5.92 Å². The van der Waals surface area contributed by atoms with Crippen LogP contribution >= 0.6 is 0 Å². The van der Waals surface area contributed by atoms with Gasteiger partial charge in [-0.2, -0.15) is 0 Å². The number of ether oxygens (including phenoxy) is 2. The molecule has 1 aromatic rings. The van der Waals surface area contributed by atoms with E-state index in [0.29, 0.717) is 18.0 Å². The number of hydrogen-bond donors (Lipinski definition) is 2. The summed E-state index contributed by atoms with van der Waals surface area (Å²) >= 11 is 0. The summed E-state index contributed by atoms with van der Waals surface area (Å²) in [6.45, 7) is 3.73. The average Bonchev–Trinajstić information content (AvgIpc) is 3.04. The number of methoxy groups -OCH3 is 1. The van der Waals surface area contributed by atoms with E-state index in [4.69, 9.17) is 9.47 Å². The van der Waals surface area contributed by atoms with Gasteiger partial charge in [0.1, 0.15) is 5.75 Å². The quantitative estimate of drug-likeness (QED) is 0.843. The van der Waals surface area contributed by atoms with E-state index < -0.39 is 0 Å². The number of hydrogen-bond acceptors (Lipinski definition) is 4. The minimum Gasteiger partial charge on any atom is -0.496 e. The van der Waals surface area contributed by atoms with Crippen LogP contribution in [-0.2, 0) is 11.2 Å². The molecule has 0 spiro atoms. The highest BCUT2D eigenvalue weighted by Gasteiger charge is 2.34. The summed E-state index contributed by atoms with van der Waals surface area (Å²) in [5.41, 5.74) is 1.28. The highest BCUT2D eigenvalue weighted by atomic mass is 16.5. The maximum Gasteiger partial charge on any atom is 0.122 e. The number of rotatable bonds is 6. The molecule has 2 aliphatic rings. The Morgan fingerprint density at radius 3 is 3.05 bits per heavy atom. The van der Waals surface area contributed by atoms with Crippen molar-refractivity contribution >= 4 is 0 Å². The predicted octanol–water partition coefficient (Wildman–Crippen LogP) is 1.98. The second-order valence-electron chi connectivity index (χ2n) is 6.35. The molecule has 4 nitrogen and oxygen atoms in total. The molecule has 1 aromatic carbocycles. The Hall–Kier alpha value is -1.10. The van der Waals surface area contributed by atoms with Crippen molar-refractivity contribution in [3.05, 3.63) is 29.8 Å². The van der Waals surface area contributed by atoms with Gasteiger partial charge in [0.05, 0.1) is 20.3 Å². The van der Waals surface area contributed by atoms with E-state index in [2.05, 4.69) is 22.8 Å². The van der Waals surface area contributed by atoms with Crippen LogP contribution in [-0.4, -0.2) is 45.5 Å². The lowest BCUT2D eigenvalue weighted by molar-refractivity contribution is 0.0526. The van der Waals surface area contributed by atoms with Crippen molar-refractivity contribution < 1.29 is 9.47 Å². The third-order valence-corrected chi connectivity index (χ3v) is 5.03. The molecule has 2 N–H and O–H groups in total. The van der Waals surface area contributed by atoms with Crippen LogP contribution in [0.25, 0.3) is 0 Å². The van der Waals surface area contributed by atoms with Crippen molar-refractivity contribution in [1.29, 1.82) is 0 Å². The zero-order valence-electron chi connectivity index (χ0n) is 13.5. The van der Waals surface area contributed by atoms with Gasteiger partial charge in [-0.3, -0.25) is 0 Å². The minimum absolute atomic E-state index is 0.528. The van der Waals surface area contributed by atoms with E-state index in [1.54, 1.807) is 7.11 Å². The molecule has 1 aliphatic heterocycles. The van der Waals surface area contributed by atoms with Gasteiger partial charge in [0.2, 0.25) is 0 Å². The summed E-state index contributed by atoms with van der Waals surface area (Å²) in [5, 5.41) is 7.41. The zero-order valence-corrected chi connectivity index (χ0v) is 13.5. The van der Waals surface area contributed by atoms with Gasteiger partial charge >= 0.3 is 0 Å². The summed E-state index contributed by atoms with van der Waals surface area (Å²) in [6.07, 6.45) is 4.94. The molecule has 2 fully saturated rings. The summed E-state index contributed by atoms with van der Waals surface area (Å²) in [5.74, 6) is 1.70. The van der Waals surface area contributed by atoms with Crippen LogP contribution in [0.3, 0.4) is 0 Å². The lowest BCUT2D eigenvalue weighted by atomic mass is 9.94. The van der Waals surface area contributed by atoms with E-state index in [1.165, 1.54) is 24.8 Å². The van der Waals surface area contributed by atoms with Crippen LogP contribution in [0.5, 0.6) is 5.75 Å². The Morgan fingerprint density at radius 1 is 1.32 bits per heavy atom. The van der Waals surface area contributed by atoms with Gasteiger partial charge in [-0.05, 0) is 43.4 Å². The summed E-state index contributed by atoms with van der Waals surface area (Å²) in [7, 11) is 1.74. The molecular formula is C18H28N2O2. The Kier molecular flexibility index (Phi) is 5.70. The van der Waals surface area contributed by atoms with Crippen molar-refractivity contribution in [2.24, 2.45) is 5.92 Å². The molecule has 0 bridgehead atoms. The van der Waals surface area contributed by atoms with Gasteiger partial charge in [0, 0.05) is 18.6 Å². The first-order valence-corrected chi connectivity index (χ1v) is 8.55. The van der Waals surface area contributed by atoms with Gasteiger partial charge in [0.25, 0.3) is 0 Å². The molecule has 4 heteroatoms. The van der Waals surface area contributed by atoms with Crippen molar-refractivity contribution in [2.45, 2.75) is 37.8 Å². The average molecular weight is 304 g/mol. The number of nitrogens with one attached hydrogen (secondary N) is 2. The van der Waals surface area contributed by atoms with Gasteiger partial charge in [-0.1, -0.05) is 24.6 Å². The molecule has 1 saturated heterocycles. The third-order valence-electron chi connectivity index (χ3n) is 5.03. The fourth-order valence-electron chi connectivity index (χ4n) is 3.89. The molecular weight excluding hydrogens is 276 g/mol. The van der Waals surface area contributed by atoms with Gasteiger partial charge < -0.3 is 20.1 Å². The number of morpholine rings is 1. The molecule has 0 radical (unpaired) electrons. The highest BCUT2D eigenvalue weighted by molar-refractivity contribution is 5.33. The van der Waals surface area contributed by atoms with Crippen LogP contribution in [0.4, 0.5) is 0 Å². The molecule has 122 valence electrons. The summed E-state index contributed by atoms with van der Waals surface area (Å²) in [4.78, 5) is 0. The predicted molar refractivity (Wildman–Crippen MR) is 88.4 cm³/mol. The molecule has 0 amide bonds. The van der Waals surface area contributed by atoms with Crippen LogP contribution in [0.1, 0.15) is 24.8 Å². The fourth-order valence-corrected chi connectivity index (χ4v) is 3.89. The Bertz CT molecular complexity index is 460. The van der Waals surface area contributed by atoms with Crippen LogP contribution in [0.15, 0.2) is 24.3 Å². The largest absolute Gasteiger partial charge is 0.496 e. The molecule has 1 heterocycles. The summed E-state index contributed by atoms with van der Waals surface area (Å²) in [6, 6.07) is 9.45. The van der Waals surface area contributed by atoms with Crippen LogP contribution < -0.4 is 15.4 Å². The van der Waals surface area contributed by atoms with Crippen molar-refractivity contribution in [1.82, 2.24) is 10.6 Å². The van der Waals surface area contributed by atoms with Gasteiger partial charge in [0.15, 0.2) is 0 Å². The molecule has 1 aliphatic carbocycles. The van der Waals surface area contributed by atoms with Crippen LogP contribution in [0.2, 0.25) is 0 Å². The second kappa shape index (κ2) is 7.95. The molecule has 1 saturated carbocycles. The maximum absolute atomic E-state index is 5.64. The molecule has 3 rings (SSSR count). The van der Waals surface area contributed by atoms with E-state index in [-0.39, 0.29) is 0 Å². The smallest absolute Gasteiger partial charge is 0.122 e. The lowest BCUT2D eigenvalue weighted by Gasteiger charge is -2.33. The van der Waals surface area contributed by atoms with Crippen molar-refractivity contribution in [3.63, 3.8) is 0 Å². The normalized spacial score (nSPS) is 28.7. The number of benzene rings is 1. The second-order valence-corrected chi connectivity index (χ2v) is 6.35. The Labute approximate surface area is 133 Å². The topological polar surface area (TPSA) is 42.5 Å². The van der Waals surface area contributed by atoms with Crippen molar-refractivity contribution in [3.8, 4) is 5.75 Å². The van der Waals surface area contributed by atoms with Crippen molar-refractivity contribution in [2.75, 3.05) is 33.4 Å². The fraction of sp³-hybridized carbons (Fsp3) is 0.667. The molecule has 0 aromatic heterocycles. The first kappa shape index (κ1) is 15.8. The number of para-hydroxylation sites is 1. The monoisotopic (exact) mass is 304 g/mol. The van der Waals surface area contributed by atoms with Gasteiger partial charge in [-0.15, -0.1) is 0 Å². The maximum atomic E-state index is 5.64. The molecule has 3 unspecified atom stereocenters. The third kappa shape index (κ3) is 3.80. The zero-order chi connectivity index (χ0) is 15.2. The van der Waals surface area contributed by atoms with E-state index in [1.807, 2.05) is 12.1 Å². The molecule has 3 atom stereocenters. The van der Waals surface area contributed by atoms with E-state index in [9.17, 15) is 0 Å². The molecule has 22 heavy (non-hydrogen) atoms. The summed E-state index contributed by atoms with van der Waals surface area (Å²) < 4.78 is 11.1. The Morgan fingerprint density at radius 2 is 2.23 bits per heavy atom. The lowest BCUT2D eigenvalue weighted by Crippen LogP contribution is -2.51. The minimum atomic E-state index is 0.528. The SMILES string of the molecule is COc1ccccc1CCNC1CCCC1C1COCCN1. The van der Waals surface area contributed by atoms with Gasteiger partial charge in [-0.25, -0.2) is 0 Å². The highest BCUT2D eigenvalue weighted by Crippen LogP contribution is 2.29. The van der Waals surface area contributed by atoms with E-state index in [0.717, 1.165) is 38.5 Å². The standard InChI is InChI=1S/C18H28N2O2/c1-21-18-8-3-2-5-14(18)9-10-19-16-7-4-6-15(16)17-13-22-12-11-20-17/h2-3,5,8,15-17,19-20H,4,6-7,9-13H2,1H3. The Balaban J connectivity index is 1.50. The first-order valence-electron chi connectivity index (χ1n) is 8.55.